The summed E-state index contributed by atoms with van der Waals surface area (Å²) in [5, 5.41) is 2.66. The summed E-state index contributed by atoms with van der Waals surface area (Å²) in [6.07, 6.45) is 0. The molecule has 0 saturated carbocycles. The lowest BCUT2D eigenvalue weighted by Crippen LogP contribution is -2.10. The summed E-state index contributed by atoms with van der Waals surface area (Å²) < 4.78 is 18.0. The molecule has 1 amide bonds. The fourth-order valence-corrected chi connectivity index (χ4v) is 1.89. The third-order valence-corrected chi connectivity index (χ3v) is 3.07. The number of ether oxygens (including phenoxy) is 1. The maximum absolute atomic E-state index is 12.8. The first kappa shape index (κ1) is 15.7. The van der Waals surface area contributed by atoms with Gasteiger partial charge in [0.25, 0.3) is 0 Å². The Morgan fingerprint density at radius 3 is 2.45 bits per heavy atom. The fraction of sp³-hybridized carbons (Fsp3) is 0.176. The third-order valence-electron chi connectivity index (χ3n) is 3.07. The highest BCUT2D eigenvalue weighted by molar-refractivity contribution is 5.94. The molecule has 2 aromatic carbocycles. The second kappa shape index (κ2) is 6.85. The van der Waals surface area contributed by atoms with Gasteiger partial charge in [-0.1, -0.05) is 18.2 Å². The maximum Gasteiger partial charge on any atom is 0.338 e. The second-order valence-electron chi connectivity index (χ2n) is 4.91. The fourth-order valence-electron chi connectivity index (χ4n) is 1.89. The SMILES string of the molecule is CC(=O)Nc1cc(C(=O)OCc2ccc(F)cc2)ccc1C. The summed E-state index contributed by atoms with van der Waals surface area (Å²) in [6.45, 7) is 3.29. The molecule has 2 rings (SSSR count). The first-order valence-corrected chi connectivity index (χ1v) is 6.75. The number of amides is 1. The number of esters is 1. The van der Waals surface area contributed by atoms with Crippen LogP contribution in [0.1, 0.15) is 28.4 Å². The van der Waals surface area contributed by atoms with E-state index in [1.165, 1.54) is 19.1 Å². The van der Waals surface area contributed by atoms with E-state index in [1.807, 2.05) is 6.92 Å². The molecule has 5 heteroatoms. The van der Waals surface area contributed by atoms with Crippen molar-refractivity contribution in [3.05, 3.63) is 65.0 Å². The van der Waals surface area contributed by atoms with Crippen molar-refractivity contribution in [2.75, 3.05) is 5.32 Å². The van der Waals surface area contributed by atoms with Gasteiger partial charge in [0, 0.05) is 12.6 Å². The summed E-state index contributed by atoms with van der Waals surface area (Å²) in [4.78, 5) is 23.2. The molecule has 114 valence electrons. The Balaban J connectivity index is 2.06. The average Bonchev–Trinajstić information content (AvgIpc) is 2.48. The molecule has 0 aliphatic heterocycles. The molecule has 0 bridgehead atoms. The minimum Gasteiger partial charge on any atom is -0.457 e. The first-order valence-electron chi connectivity index (χ1n) is 6.75. The van der Waals surface area contributed by atoms with Gasteiger partial charge in [0.05, 0.1) is 5.56 Å². The molecule has 0 aliphatic carbocycles. The van der Waals surface area contributed by atoms with Gasteiger partial charge in [-0.25, -0.2) is 9.18 Å². The van der Waals surface area contributed by atoms with E-state index in [2.05, 4.69) is 5.32 Å². The molecular weight excluding hydrogens is 285 g/mol. The molecule has 0 aliphatic rings. The predicted octanol–water partition coefficient (Wildman–Crippen LogP) is 3.45. The molecule has 2 aromatic rings. The number of hydrogen-bond donors (Lipinski definition) is 1. The van der Waals surface area contributed by atoms with Gasteiger partial charge < -0.3 is 10.1 Å². The molecule has 0 saturated heterocycles. The van der Waals surface area contributed by atoms with E-state index in [1.54, 1.807) is 30.3 Å². The highest BCUT2D eigenvalue weighted by Gasteiger charge is 2.10. The van der Waals surface area contributed by atoms with Crippen molar-refractivity contribution >= 4 is 17.6 Å². The smallest absolute Gasteiger partial charge is 0.338 e. The monoisotopic (exact) mass is 301 g/mol. The van der Waals surface area contributed by atoms with Crippen LogP contribution in [0.2, 0.25) is 0 Å². The summed E-state index contributed by atoms with van der Waals surface area (Å²) in [7, 11) is 0. The zero-order valence-electron chi connectivity index (χ0n) is 12.4. The van der Waals surface area contributed by atoms with E-state index in [0.29, 0.717) is 16.8 Å². The van der Waals surface area contributed by atoms with Gasteiger partial charge in [0.2, 0.25) is 5.91 Å². The van der Waals surface area contributed by atoms with E-state index in [0.717, 1.165) is 5.56 Å². The van der Waals surface area contributed by atoms with Gasteiger partial charge in [-0.05, 0) is 42.3 Å². The number of carbonyl (C=O) groups excluding carboxylic acids is 2. The van der Waals surface area contributed by atoms with Gasteiger partial charge in [0.15, 0.2) is 0 Å². The number of nitrogens with one attached hydrogen (secondary N) is 1. The Morgan fingerprint density at radius 1 is 1.14 bits per heavy atom. The van der Waals surface area contributed by atoms with Gasteiger partial charge in [-0.2, -0.15) is 0 Å². The molecule has 0 unspecified atom stereocenters. The zero-order chi connectivity index (χ0) is 16.1. The number of benzene rings is 2. The second-order valence-corrected chi connectivity index (χ2v) is 4.91. The largest absolute Gasteiger partial charge is 0.457 e. The van der Waals surface area contributed by atoms with Crippen LogP contribution in [0.3, 0.4) is 0 Å². The molecule has 1 N–H and O–H groups in total. The summed E-state index contributed by atoms with van der Waals surface area (Å²) >= 11 is 0. The lowest BCUT2D eigenvalue weighted by atomic mass is 10.1. The quantitative estimate of drug-likeness (QED) is 0.880. The van der Waals surface area contributed by atoms with Crippen LogP contribution in [0.15, 0.2) is 42.5 Å². The van der Waals surface area contributed by atoms with Crippen molar-refractivity contribution in [2.45, 2.75) is 20.5 Å². The van der Waals surface area contributed by atoms with E-state index in [9.17, 15) is 14.0 Å². The zero-order valence-corrected chi connectivity index (χ0v) is 12.4. The Labute approximate surface area is 127 Å². The van der Waals surface area contributed by atoms with Crippen molar-refractivity contribution in [3.8, 4) is 0 Å². The standard InChI is InChI=1S/C17H16FNO3/c1-11-3-6-14(9-16(11)19-12(2)20)17(21)22-10-13-4-7-15(18)8-5-13/h3-9H,10H2,1-2H3,(H,19,20). The Hall–Kier alpha value is -2.69. The number of carbonyl (C=O) groups is 2. The van der Waals surface area contributed by atoms with Crippen LogP contribution in [0.4, 0.5) is 10.1 Å². The minimum atomic E-state index is -0.504. The lowest BCUT2D eigenvalue weighted by Gasteiger charge is -2.09. The van der Waals surface area contributed by atoms with E-state index < -0.39 is 5.97 Å². The lowest BCUT2D eigenvalue weighted by molar-refractivity contribution is -0.114. The molecule has 0 aromatic heterocycles. The molecular formula is C17H16FNO3. The van der Waals surface area contributed by atoms with E-state index in [-0.39, 0.29) is 18.3 Å². The van der Waals surface area contributed by atoms with Crippen LogP contribution in [-0.2, 0) is 16.1 Å². The number of hydrogen-bond acceptors (Lipinski definition) is 3. The molecule has 4 nitrogen and oxygen atoms in total. The summed E-state index contributed by atoms with van der Waals surface area (Å²) in [5.41, 5.74) is 2.47. The van der Waals surface area contributed by atoms with E-state index >= 15 is 0 Å². The molecule has 0 heterocycles. The van der Waals surface area contributed by atoms with Crippen molar-refractivity contribution in [2.24, 2.45) is 0 Å². The molecule has 22 heavy (non-hydrogen) atoms. The highest BCUT2D eigenvalue weighted by Crippen LogP contribution is 2.18. The van der Waals surface area contributed by atoms with Gasteiger partial charge in [-0.3, -0.25) is 4.79 Å². The maximum atomic E-state index is 12.8. The van der Waals surface area contributed by atoms with Crippen LogP contribution in [0.25, 0.3) is 0 Å². The number of anilines is 1. The average molecular weight is 301 g/mol. The summed E-state index contributed by atoms with van der Waals surface area (Å²) in [5.74, 6) is -1.05. The Kier molecular flexibility index (Phi) is 4.88. The first-order chi connectivity index (χ1) is 10.5. The molecule has 0 spiro atoms. The van der Waals surface area contributed by atoms with Gasteiger partial charge in [0.1, 0.15) is 12.4 Å². The molecule has 0 atom stereocenters. The predicted molar refractivity (Wildman–Crippen MR) is 81.0 cm³/mol. The normalized spacial score (nSPS) is 10.1. The molecule has 0 fully saturated rings. The van der Waals surface area contributed by atoms with Crippen molar-refractivity contribution in [1.29, 1.82) is 0 Å². The van der Waals surface area contributed by atoms with E-state index in [4.69, 9.17) is 4.74 Å². The molecule has 0 radical (unpaired) electrons. The van der Waals surface area contributed by atoms with Crippen LogP contribution >= 0.6 is 0 Å². The number of aryl methyl sites for hydroxylation is 1. The van der Waals surface area contributed by atoms with Gasteiger partial charge >= 0.3 is 5.97 Å². The van der Waals surface area contributed by atoms with Crippen LogP contribution in [-0.4, -0.2) is 11.9 Å². The number of rotatable bonds is 4. The Bertz CT molecular complexity index is 696. The third kappa shape index (κ3) is 4.15. The van der Waals surface area contributed by atoms with Crippen molar-refractivity contribution in [1.82, 2.24) is 0 Å². The van der Waals surface area contributed by atoms with Crippen molar-refractivity contribution < 1.29 is 18.7 Å². The van der Waals surface area contributed by atoms with Crippen LogP contribution in [0, 0.1) is 12.7 Å². The summed E-state index contributed by atoms with van der Waals surface area (Å²) in [6, 6.07) is 10.7. The highest BCUT2D eigenvalue weighted by atomic mass is 19.1. The van der Waals surface area contributed by atoms with Crippen LogP contribution < -0.4 is 5.32 Å². The Morgan fingerprint density at radius 2 is 1.82 bits per heavy atom. The van der Waals surface area contributed by atoms with Crippen LogP contribution in [0.5, 0.6) is 0 Å². The topological polar surface area (TPSA) is 55.4 Å². The van der Waals surface area contributed by atoms with Gasteiger partial charge in [-0.15, -0.1) is 0 Å². The van der Waals surface area contributed by atoms with Crippen molar-refractivity contribution in [3.63, 3.8) is 0 Å². The minimum absolute atomic E-state index is 0.0580. The number of halogens is 1.